The topological polar surface area (TPSA) is 62.7 Å². The first-order chi connectivity index (χ1) is 16.6. The zero-order chi connectivity index (χ0) is 23.9. The van der Waals surface area contributed by atoms with E-state index >= 15 is 0 Å². The van der Waals surface area contributed by atoms with Crippen LogP contribution in [0.5, 0.6) is 5.75 Å². The summed E-state index contributed by atoms with van der Waals surface area (Å²) in [6.45, 7) is 2.02. The second kappa shape index (κ2) is 11.2. The first kappa shape index (κ1) is 23.8. The van der Waals surface area contributed by atoms with Crippen molar-refractivity contribution in [2.45, 2.75) is 17.2 Å². The van der Waals surface area contributed by atoms with Gasteiger partial charge in [0.2, 0.25) is 0 Å². The van der Waals surface area contributed by atoms with Crippen LogP contribution < -0.4 is 4.74 Å². The molecule has 6 nitrogen and oxygen atoms in total. The third-order valence-electron chi connectivity index (χ3n) is 5.70. The van der Waals surface area contributed by atoms with Crippen LogP contribution in [0.3, 0.4) is 0 Å². The highest BCUT2D eigenvalue weighted by Gasteiger charge is 2.26. The summed E-state index contributed by atoms with van der Waals surface area (Å²) in [6.07, 6.45) is 2.35. The zero-order valence-electron chi connectivity index (χ0n) is 18.9. The summed E-state index contributed by atoms with van der Waals surface area (Å²) in [7, 11) is 1.55. The van der Waals surface area contributed by atoms with Gasteiger partial charge >= 0.3 is 0 Å². The Hall–Kier alpha value is -3.39. The van der Waals surface area contributed by atoms with Crippen molar-refractivity contribution in [1.82, 2.24) is 14.8 Å². The highest BCUT2D eigenvalue weighted by atomic mass is 32.2. The van der Waals surface area contributed by atoms with Crippen LogP contribution >= 0.6 is 11.8 Å². The Morgan fingerprint density at radius 3 is 2.26 bits per heavy atom. The number of amides is 2. The lowest BCUT2D eigenvalue weighted by Crippen LogP contribution is -2.37. The fraction of sp³-hybridized carbons (Fsp3) is 0.269. The largest absolute Gasteiger partial charge is 0.496 e. The molecule has 1 aliphatic rings. The molecule has 0 atom stereocenters. The number of para-hydroxylation sites is 1. The Bertz CT molecular complexity index is 1160. The molecule has 0 N–H and O–H groups in total. The first-order valence-corrected chi connectivity index (χ1v) is 12.1. The predicted molar refractivity (Wildman–Crippen MR) is 130 cm³/mol. The average Bonchev–Trinajstić information content (AvgIpc) is 3.14. The monoisotopic (exact) mass is 479 g/mol. The summed E-state index contributed by atoms with van der Waals surface area (Å²) in [5.74, 6) is 0.661. The number of hydrogen-bond acceptors (Lipinski definition) is 5. The van der Waals surface area contributed by atoms with Gasteiger partial charge in [-0.1, -0.05) is 24.3 Å². The van der Waals surface area contributed by atoms with Gasteiger partial charge in [-0.2, -0.15) is 0 Å². The molecule has 176 valence electrons. The molecule has 0 aliphatic carbocycles. The van der Waals surface area contributed by atoms with Gasteiger partial charge in [0, 0.05) is 38.1 Å². The van der Waals surface area contributed by atoms with E-state index in [1.807, 2.05) is 12.1 Å². The number of halogens is 1. The third-order valence-corrected chi connectivity index (χ3v) is 6.77. The standard InChI is InChI=1S/C26H26FN3O3S/c1-33-23-8-3-2-6-21(23)25(31)29-14-5-15-30(17-16-29)26(32)22-7-4-13-28-24(22)34-18-19-9-11-20(27)12-10-19/h2-4,6-13H,5,14-18H2,1H3. The van der Waals surface area contributed by atoms with E-state index in [9.17, 15) is 14.0 Å². The Kier molecular flexibility index (Phi) is 7.80. The van der Waals surface area contributed by atoms with Gasteiger partial charge in [0.05, 0.1) is 18.2 Å². The predicted octanol–water partition coefficient (Wildman–Crippen LogP) is 4.51. The summed E-state index contributed by atoms with van der Waals surface area (Å²) in [5.41, 5.74) is 2.02. The maximum Gasteiger partial charge on any atom is 0.257 e. The molecule has 0 radical (unpaired) electrons. The van der Waals surface area contributed by atoms with Crippen molar-refractivity contribution in [3.63, 3.8) is 0 Å². The second-order valence-electron chi connectivity index (χ2n) is 7.91. The average molecular weight is 480 g/mol. The molecule has 0 bridgehead atoms. The number of benzene rings is 2. The number of aromatic nitrogens is 1. The van der Waals surface area contributed by atoms with Gasteiger partial charge in [0.25, 0.3) is 11.8 Å². The molecule has 0 unspecified atom stereocenters. The third kappa shape index (κ3) is 5.56. The van der Waals surface area contributed by atoms with Crippen molar-refractivity contribution in [2.24, 2.45) is 0 Å². The highest BCUT2D eigenvalue weighted by molar-refractivity contribution is 7.98. The fourth-order valence-electron chi connectivity index (χ4n) is 3.89. The molecular weight excluding hydrogens is 453 g/mol. The molecular formula is C26H26FN3O3S. The number of methoxy groups -OCH3 is 1. The van der Waals surface area contributed by atoms with Crippen molar-refractivity contribution in [2.75, 3.05) is 33.3 Å². The zero-order valence-corrected chi connectivity index (χ0v) is 19.8. The van der Waals surface area contributed by atoms with E-state index < -0.39 is 0 Å². The molecule has 34 heavy (non-hydrogen) atoms. The number of nitrogens with zero attached hydrogens (tertiary/aromatic N) is 3. The quantitative estimate of drug-likeness (QED) is 0.487. The highest BCUT2D eigenvalue weighted by Crippen LogP contribution is 2.26. The SMILES string of the molecule is COc1ccccc1C(=O)N1CCCN(C(=O)c2cccnc2SCc2ccc(F)cc2)CC1. The fourth-order valence-corrected chi connectivity index (χ4v) is 4.83. The lowest BCUT2D eigenvalue weighted by molar-refractivity contribution is 0.0714. The minimum Gasteiger partial charge on any atom is -0.496 e. The molecule has 4 rings (SSSR count). The maximum atomic E-state index is 13.4. The molecule has 1 fully saturated rings. The van der Waals surface area contributed by atoms with Gasteiger partial charge in [0.1, 0.15) is 16.6 Å². The summed E-state index contributed by atoms with van der Waals surface area (Å²) < 4.78 is 18.5. The molecule has 3 aromatic rings. The summed E-state index contributed by atoms with van der Waals surface area (Å²) in [6, 6.07) is 17.0. The molecule has 0 spiro atoms. The van der Waals surface area contributed by atoms with E-state index in [4.69, 9.17) is 4.74 Å². The first-order valence-electron chi connectivity index (χ1n) is 11.1. The van der Waals surface area contributed by atoms with Crippen LogP contribution in [0, 0.1) is 5.82 Å². The lowest BCUT2D eigenvalue weighted by Gasteiger charge is -2.23. The normalized spacial score (nSPS) is 13.9. The molecule has 2 amide bonds. The molecule has 1 saturated heterocycles. The molecule has 1 aliphatic heterocycles. The Labute approximate surface area is 202 Å². The van der Waals surface area contributed by atoms with Crippen molar-refractivity contribution >= 4 is 23.6 Å². The number of carbonyl (C=O) groups is 2. The van der Waals surface area contributed by atoms with E-state index in [-0.39, 0.29) is 17.6 Å². The Balaban J connectivity index is 1.43. The minimum atomic E-state index is -0.276. The van der Waals surface area contributed by atoms with Gasteiger partial charge in [-0.3, -0.25) is 9.59 Å². The number of ether oxygens (including phenoxy) is 1. The van der Waals surface area contributed by atoms with Crippen LogP contribution in [0.25, 0.3) is 0 Å². The minimum absolute atomic E-state index is 0.0938. The van der Waals surface area contributed by atoms with Gasteiger partial charge in [-0.05, 0) is 48.4 Å². The van der Waals surface area contributed by atoms with Crippen LogP contribution in [0.1, 0.15) is 32.7 Å². The second-order valence-corrected chi connectivity index (χ2v) is 8.87. The molecule has 8 heteroatoms. The molecule has 2 aromatic carbocycles. The summed E-state index contributed by atoms with van der Waals surface area (Å²) in [4.78, 5) is 34.4. The van der Waals surface area contributed by atoms with Crippen molar-refractivity contribution in [3.05, 3.63) is 89.4 Å². The maximum absolute atomic E-state index is 13.4. The summed E-state index contributed by atoms with van der Waals surface area (Å²) in [5, 5.41) is 0.642. The lowest BCUT2D eigenvalue weighted by atomic mass is 10.1. The number of thioether (sulfide) groups is 1. The van der Waals surface area contributed by atoms with Crippen LogP contribution in [-0.2, 0) is 5.75 Å². The summed E-state index contributed by atoms with van der Waals surface area (Å²) >= 11 is 1.45. The number of pyridine rings is 1. The number of rotatable bonds is 6. The number of hydrogen-bond donors (Lipinski definition) is 0. The van der Waals surface area contributed by atoms with Crippen molar-refractivity contribution in [3.8, 4) is 5.75 Å². The molecule has 1 aromatic heterocycles. The van der Waals surface area contributed by atoms with Crippen LogP contribution in [0.4, 0.5) is 4.39 Å². The van der Waals surface area contributed by atoms with Crippen molar-refractivity contribution in [1.29, 1.82) is 0 Å². The van der Waals surface area contributed by atoms with E-state index in [1.165, 1.54) is 23.9 Å². The van der Waals surface area contributed by atoms with Crippen LogP contribution in [0.15, 0.2) is 71.9 Å². The Morgan fingerprint density at radius 2 is 1.56 bits per heavy atom. The van der Waals surface area contributed by atoms with Gasteiger partial charge in [-0.15, -0.1) is 11.8 Å². The van der Waals surface area contributed by atoms with Gasteiger partial charge in [0.15, 0.2) is 0 Å². The van der Waals surface area contributed by atoms with Gasteiger partial charge in [-0.25, -0.2) is 9.37 Å². The molecule has 2 heterocycles. The van der Waals surface area contributed by atoms with E-state index in [1.54, 1.807) is 59.5 Å². The molecule has 0 saturated carbocycles. The van der Waals surface area contributed by atoms with E-state index in [0.29, 0.717) is 60.3 Å². The smallest absolute Gasteiger partial charge is 0.257 e. The van der Waals surface area contributed by atoms with E-state index in [2.05, 4.69) is 4.98 Å². The van der Waals surface area contributed by atoms with E-state index in [0.717, 1.165) is 5.56 Å². The van der Waals surface area contributed by atoms with Crippen LogP contribution in [-0.4, -0.2) is 59.9 Å². The Morgan fingerprint density at radius 1 is 0.912 bits per heavy atom. The van der Waals surface area contributed by atoms with Crippen LogP contribution in [0.2, 0.25) is 0 Å². The number of carbonyl (C=O) groups excluding carboxylic acids is 2. The van der Waals surface area contributed by atoms with Crippen molar-refractivity contribution < 1.29 is 18.7 Å². The van der Waals surface area contributed by atoms with Gasteiger partial charge < -0.3 is 14.5 Å².